The predicted molar refractivity (Wildman–Crippen MR) is 44.2 cm³/mol. The quantitative estimate of drug-likeness (QED) is 0.588. The third-order valence-electron chi connectivity index (χ3n) is 2.31. The minimum Gasteiger partial charge on any atom is -0.271 e. The first kappa shape index (κ1) is 7.80. The Morgan fingerprint density at radius 2 is 2.33 bits per heavy atom. The van der Waals surface area contributed by atoms with Crippen molar-refractivity contribution in [2.75, 3.05) is 13.2 Å². The van der Waals surface area contributed by atoms with Crippen molar-refractivity contribution in [3.8, 4) is 0 Å². The van der Waals surface area contributed by atoms with E-state index in [2.05, 4.69) is 0 Å². The minimum absolute atomic E-state index is 0.0842. The van der Waals surface area contributed by atoms with Gasteiger partial charge in [0, 0.05) is 12.1 Å². The third-order valence-corrected chi connectivity index (χ3v) is 2.31. The van der Waals surface area contributed by atoms with Crippen LogP contribution in [0.2, 0.25) is 0 Å². The van der Waals surface area contributed by atoms with E-state index in [9.17, 15) is 4.79 Å². The van der Waals surface area contributed by atoms with Gasteiger partial charge in [0.05, 0.1) is 6.61 Å². The zero-order valence-electron chi connectivity index (χ0n) is 7.08. The summed E-state index contributed by atoms with van der Waals surface area (Å²) in [6.45, 7) is 1.45. The highest BCUT2D eigenvalue weighted by Gasteiger charge is 2.23. The van der Waals surface area contributed by atoms with Gasteiger partial charge in [-0.15, -0.1) is 0 Å². The highest BCUT2D eigenvalue weighted by atomic mass is 16.7. The first-order valence-corrected chi connectivity index (χ1v) is 4.52. The van der Waals surface area contributed by atoms with E-state index in [0.717, 1.165) is 37.8 Å². The van der Waals surface area contributed by atoms with E-state index in [1.54, 1.807) is 0 Å². The first-order valence-electron chi connectivity index (χ1n) is 4.52. The van der Waals surface area contributed by atoms with Gasteiger partial charge in [0.2, 0.25) is 0 Å². The van der Waals surface area contributed by atoms with Gasteiger partial charge in [-0.25, -0.2) is 5.06 Å². The molecule has 0 aromatic heterocycles. The van der Waals surface area contributed by atoms with E-state index in [-0.39, 0.29) is 5.91 Å². The van der Waals surface area contributed by atoms with Gasteiger partial charge in [0.25, 0.3) is 5.91 Å². The SMILES string of the molecule is O=C(C1=CCC1)N1CCCCO1. The van der Waals surface area contributed by atoms with Gasteiger partial charge in [-0.05, 0) is 25.7 Å². The van der Waals surface area contributed by atoms with Crippen molar-refractivity contribution in [2.24, 2.45) is 0 Å². The van der Waals surface area contributed by atoms with E-state index in [1.807, 2.05) is 6.08 Å². The van der Waals surface area contributed by atoms with E-state index < -0.39 is 0 Å². The molecule has 0 spiro atoms. The lowest BCUT2D eigenvalue weighted by Gasteiger charge is -2.28. The van der Waals surface area contributed by atoms with Crippen molar-refractivity contribution < 1.29 is 9.63 Å². The molecule has 1 aliphatic carbocycles. The van der Waals surface area contributed by atoms with E-state index >= 15 is 0 Å². The number of amides is 1. The molecule has 0 atom stereocenters. The summed E-state index contributed by atoms with van der Waals surface area (Å²) in [7, 11) is 0. The van der Waals surface area contributed by atoms with Gasteiger partial charge in [-0.1, -0.05) is 6.08 Å². The number of carbonyl (C=O) groups excluding carboxylic acids is 1. The van der Waals surface area contributed by atoms with Crippen LogP contribution in [0.3, 0.4) is 0 Å². The largest absolute Gasteiger partial charge is 0.273 e. The van der Waals surface area contributed by atoms with Crippen LogP contribution in [0.15, 0.2) is 11.6 Å². The summed E-state index contributed by atoms with van der Waals surface area (Å²) >= 11 is 0. The number of rotatable bonds is 1. The van der Waals surface area contributed by atoms with Crippen molar-refractivity contribution in [1.29, 1.82) is 0 Å². The maximum absolute atomic E-state index is 11.5. The Kier molecular flexibility index (Phi) is 2.13. The number of hydrogen-bond donors (Lipinski definition) is 0. The van der Waals surface area contributed by atoms with Crippen molar-refractivity contribution in [3.05, 3.63) is 11.6 Å². The molecule has 0 saturated carbocycles. The van der Waals surface area contributed by atoms with Gasteiger partial charge in [-0.3, -0.25) is 9.63 Å². The molecule has 0 unspecified atom stereocenters. The average Bonchev–Trinajstić information content (AvgIpc) is 2.03. The van der Waals surface area contributed by atoms with Gasteiger partial charge in [-0.2, -0.15) is 0 Å². The van der Waals surface area contributed by atoms with Gasteiger partial charge in [0.15, 0.2) is 0 Å². The van der Waals surface area contributed by atoms with Crippen molar-refractivity contribution >= 4 is 5.91 Å². The summed E-state index contributed by atoms with van der Waals surface area (Å²) in [6, 6.07) is 0. The topological polar surface area (TPSA) is 29.5 Å². The molecule has 0 aromatic rings. The molecule has 0 aromatic carbocycles. The Bertz CT molecular complexity index is 217. The van der Waals surface area contributed by atoms with Crippen LogP contribution in [0.5, 0.6) is 0 Å². The maximum Gasteiger partial charge on any atom is 0.273 e. The molecule has 1 heterocycles. The fourth-order valence-electron chi connectivity index (χ4n) is 1.40. The molecule has 2 aliphatic rings. The lowest BCUT2D eigenvalue weighted by Crippen LogP contribution is -2.37. The van der Waals surface area contributed by atoms with Crippen molar-refractivity contribution in [2.45, 2.75) is 25.7 Å². The molecular weight excluding hydrogens is 154 g/mol. The molecule has 3 heteroatoms. The average molecular weight is 167 g/mol. The first-order chi connectivity index (χ1) is 5.88. The number of nitrogens with zero attached hydrogens (tertiary/aromatic N) is 1. The molecule has 12 heavy (non-hydrogen) atoms. The van der Waals surface area contributed by atoms with Crippen LogP contribution < -0.4 is 0 Å². The number of hydrogen-bond acceptors (Lipinski definition) is 2. The molecule has 0 N–H and O–H groups in total. The molecule has 1 aliphatic heterocycles. The lowest BCUT2D eigenvalue weighted by atomic mass is 9.98. The molecular formula is C9H13NO2. The summed E-state index contributed by atoms with van der Waals surface area (Å²) < 4.78 is 0. The van der Waals surface area contributed by atoms with Gasteiger partial charge >= 0.3 is 0 Å². The normalized spacial score (nSPS) is 23.0. The van der Waals surface area contributed by atoms with Crippen LogP contribution in [-0.2, 0) is 9.63 Å². The molecule has 1 saturated heterocycles. The van der Waals surface area contributed by atoms with Crippen LogP contribution >= 0.6 is 0 Å². The Balaban J connectivity index is 1.93. The zero-order chi connectivity index (χ0) is 8.39. The summed E-state index contributed by atoms with van der Waals surface area (Å²) in [5, 5.41) is 1.51. The molecule has 0 bridgehead atoms. The Hall–Kier alpha value is -0.830. The Morgan fingerprint density at radius 1 is 1.50 bits per heavy atom. The number of carbonyl (C=O) groups is 1. The van der Waals surface area contributed by atoms with Crippen LogP contribution in [0.4, 0.5) is 0 Å². The summed E-state index contributed by atoms with van der Waals surface area (Å²) in [5.41, 5.74) is 0.928. The van der Waals surface area contributed by atoms with Crippen LogP contribution in [0.1, 0.15) is 25.7 Å². The van der Waals surface area contributed by atoms with E-state index in [4.69, 9.17) is 4.84 Å². The van der Waals surface area contributed by atoms with E-state index in [1.165, 1.54) is 5.06 Å². The lowest BCUT2D eigenvalue weighted by molar-refractivity contribution is -0.193. The fraction of sp³-hybridized carbons (Fsp3) is 0.667. The fourth-order valence-corrected chi connectivity index (χ4v) is 1.40. The van der Waals surface area contributed by atoms with Crippen LogP contribution in [0.25, 0.3) is 0 Å². The van der Waals surface area contributed by atoms with Gasteiger partial charge < -0.3 is 0 Å². The molecule has 3 nitrogen and oxygen atoms in total. The molecule has 0 radical (unpaired) electrons. The number of allylic oxidation sites excluding steroid dienone is 1. The standard InChI is InChI=1S/C9H13NO2/c11-9(8-4-3-5-8)10-6-1-2-7-12-10/h4H,1-3,5-7H2. The summed E-state index contributed by atoms with van der Waals surface area (Å²) in [6.07, 6.45) is 6.11. The van der Waals surface area contributed by atoms with E-state index in [0.29, 0.717) is 6.61 Å². The molecule has 2 rings (SSSR count). The maximum atomic E-state index is 11.5. The minimum atomic E-state index is 0.0842. The summed E-state index contributed by atoms with van der Waals surface area (Å²) in [5.74, 6) is 0.0842. The van der Waals surface area contributed by atoms with Crippen molar-refractivity contribution in [1.82, 2.24) is 5.06 Å². The van der Waals surface area contributed by atoms with Crippen LogP contribution in [-0.4, -0.2) is 24.1 Å². The Morgan fingerprint density at radius 3 is 2.83 bits per heavy atom. The molecule has 1 amide bonds. The highest BCUT2D eigenvalue weighted by Crippen LogP contribution is 2.21. The monoisotopic (exact) mass is 167 g/mol. The van der Waals surface area contributed by atoms with Gasteiger partial charge in [0.1, 0.15) is 0 Å². The second-order valence-corrected chi connectivity index (χ2v) is 3.22. The Labute approximate surface area is 71.9 Å². The third kappa shape index (κ3) is 1.37. The van der Waals surface area contributed by atoms with Crippen LogP contribution in [0, 0.1) is 0 Å². The van der Waals surface area contributed by atoms with Crippen molar-refractivity contribution in [3.63, 3.8) is 0 Å². The second-order valence-electron chi connectivity index (χ2n) is 3.22. The second kappa shape index (κ2) is 3.27. The molecule has 66 valence electrons. The highest BCUT2D eigenvalue weighted by molar-refractivity contribution is 5.93. The smallest absolute Gasteiger partial charge is 0.271 e. The zero-order valence-corrected chi connectivity index (χ0v) is 7.08. The molecule has 1 fully saturated rings. The predicted octanol–water partition coefficient (Wildman–Crippen LogP) is 1.26. The number of hydroxylamine groups is 2. The summed E-state index contributed by atoms with van der Waals surface area (Å²) in [4.78, 5) is 16.8.